The van der Waals surface area contributed by atoms with Crippen LogP contribution in [0.2, 0.25) is 0 Å². The Bertz CT molecular complexity index is 1090. The van der Waals surface area contributed by atoms with Gasteiger partial charge in [-0.15, -0.1) is 15.3 Å². The van der Waals surface area contributed by atoms with E-state index in [1.54, 1.807) is 10.9 Å². The molecule has 0 saturated heterocycles. The van der Waals surface area contributed by atoms with Crippen LogP contribution >= 0.6 is 0 Å². The SMILES string of the molecule is Cc1ccc(-n2cc(C(=O)OCCCn3nnc(-c4ccccc4)n3)nn2)cc1. The maximum atomic E-state index is 12.2. The third-order valence-electron chi connectivity index (χ3n) is 4.22. The quantitative estimate of drug-likeness (QED) is 0.353. The van der Waals surface area contributed by atoms with Gasteiger partial charge in [-0.3, -0.25) is 0 Å². The predicted octanol–water partition coefficient (Wildman–Crippen LogP) is 2.48. The van der Waals surface area contributed by atoms with Crippen molar-refractivity contribution in [2.24, 2.45) is 0 Å². The molecule has 29 heavy (non-hydrogen) atoms. The van der Waals surface area contributed by atoms with Crippen molar-refractivity contribution in [3.63, 3.8) is 0 Å². The highest BCUT2D eigenvalue weighted by Crippen LogP contribution is 2.12. The van der Waals surface area contributed by atoms with Gasteiger partial charge in [-0.1, -0.05) is 53.2 Å². The monoisotopic (exact) mass is 389 g/mol. The van der Waals surface area contributed by atoms with Gasteiger partial charge in [0.15, 0.2) is 5.69 Å². The van der Waals surface area contributed by atoms with Crippen LogP contribution in [0.4, 0.5) is 0 Å². The van der Waals surface area contributed by atoms with Gasteiger partial charge in [-0.25, -0.2) is 9.48 Å². The van der Waals surface area contributed by atoms with Gasteiger partial charge in [-0.2, -0.15) is 4.80 Å². The summed E-state index contributed by atoms with van der Waals surface area (Å²) >= 11 is 0. The second-order valence-corrected chi connectivity index (χ2v) is 6.45. The fraction of sp³-hybridized carbons (Fsp3) is 0.200. The Kier molecular flexibility index (Phi) is 5.37. The lowest BCUT2D eigenvalue weighted by molar-refractivity contribution is 0.0486. The number of rotatable bonds is 7. The number of aromatic nitrogens is 7. The molecule has 4 aromatic rings. The smallest absolute Gasteiger partial charge is 0.360 e. The first-order valence-electron chi connectivity index (χ1n) is 9.19. The van der Waals surface area contributed by atoms with E-state index < -0.39 is 5.97 Å². The van der Waals surface area contributed by atoms with Crippen molar-refractivity contribution >= 4 is 5.97 Å². The topological polar surface area (TPSA) is 101 Å². The van der Waals surface area contributed by atoms with E-state index in [2.05, 4.69) is 25.7 Å². The number of benzene rings is 2. The third-order valence-corrected chi connectivity index (χ3v) is 4.22. The van der Waals surface area contributed by atoms with Crippen LogP contribution in [0.5, 0.6) is 0 Å². The first kappa shape index (κ1) is 18.5. The molecule has 9 nitrogen and oxygen atoms in total. The van der Waals surface area contributed by atoms with Crippen molar-refractivity contribution in [1.29, 1.82) is 0 Å². The lowest BCUT2D eigenvalue weighted by atomic mass is 10.2. The van der Waals surface area contributed by atoms with Crippen molar-refractivity contribution in [1.82, 2.24) is 35.2 Å². The number of tetrazole rings is 1. The molecule has 0 spiro atoms. The molecule has 2 aromatic carbocycles. The van der Waals surface area contributed by atoms with Crippen LogP contribution in [0.3, 0.4) is 0 Å². The second-order valence-electron chi connectivity index (χ2n) is 6.45. The zero-order valence-corrected chi connectivity index (χ0v) is 15.8. The minimum atomic E-state index is -0.514. The molecule has 0 amide bonds. The van der Waals surface area contributed by atoms with E-state index in [0.717, 1.165) is 16.8 Å². The molecule has 0 fully saturated rings. The summed E-state index contributed by atoms with van der Waals surface area (Å²) in [6.07, 6.45) is 2.11. The van der Waals surface area contributed by atoms with Gasteiger partial charge in [0.25, 0.3) is 0 Å². The number of hydrogen-bond acceptors (Lipinski definition) is 7. The van der Waals surface area contributed by atoms with Crippen LogP contribution < -0.4 is 0 Å². The molecule has 0 atom stereocenters. The lowest BCUT2D eigenvalue weighted by Gasteiger charge is -2.02. The minimum Gasteiger partial charge on any atom is -0.461 e. The lowest BCUT2D eigenvalue weighted by Crippen LogP contribution is -2.10. The van der Waals surface area contributed by atoms with Gasteiger partial charge < -0.3 is 4.74 Å². The molecular weight excluding hydrogens is 370 g/mol. The standard InChI is InChI=1S/C20H19N7O2/c1-15-8-10-17(11-9-15)26-14-18(21-24-26)20(28)29-13-5-12-27-23-19(22-25-27)16-6-3-2-4-7-16/h2-4,6-11,14H,5,12-13H2,1H3. The predicted molar refractivity (Wildman–Crippen MR) is 104 cm³/mol. The molecule has 0 unspecified atom stereocenters. The average molecular weight is 389 g/mol. The molecule has 4 rings (SSSR count). The molecule has 2 heterocycles. The van der Waals surface area contributed by atoms with Gasteiger partial charge >= 0.3 is 5.97 Å². The molecule has 9 heteroatoms. The minimum absolute atomic E-state index is 0.163. The van der Waals surface area contributed by atoms with Crippen LogP contribution in [-0.2, 0) is 11.3 Å². The van der Waals surface area contributed by atoms with Crippen LogP contribution in [0, 0.1) is 6.92 Å². The number of aryl methyl sites for hydroxylation is 2. The van der Waals surface area contributed by atoms with Crippen molar-refractivity contribution in [3.8, 4) is 17.1 Å². The summed E-state index contributed by atoms with van der Waals surface area (Å²) < 4.78 is 6.81. The van der Waals surface area contributed by atoms with E-state index in [9.17, 15) is 4.79 Å². The molecule has 0 radical (unpaired) electrons. The highest BCUT2D eigenvalue weighted by atomic mass is 16.5. The normalized spacial score (nSPS) is 10.8. The van der Waals surface area contributed by atoms with Gasteiger partial charge in [0.05, 0.1) is 25.0 Å². The van der Waals surface area contributed by atoms with E-state index in [1.165, 1.54) is 4.80 Å². The Balaban J connectivity index is 1.26. The largest absolute Gasteiger partial charge is 0.461 e. The number of carbonyl (C=O) groups is 1. The Labute approximate surface area is 166 Å². The summed E-state index contributed by atoms with van der Waals surface area (Å²) in [6.45, 7) is 2.72. The average Bonchev–Trinajstić information content (AvgIpc) is 3.42. The molecule has 0 aliphatic carbocycles. The first-order chi connectivity index (χ1) is 14.2. The zero-order chi connectivity index (χ0) is 20.1. The Morgan fingerprint density at radius 3 is 2.59 bits per heavy atom. The summed E-state index contributed by atoms with van der Waals surface area (Å²) in [5.74, 6) is 0.0511. The molecule has 2 aromatic heterocycles. The summed E-state index contributed by atoms with van der Waals surface area (Å²) in [5, 5.41) is 20.2. The fourth-order valence-electron chi connectivity index (χ4n) is 2.67. The van der Waals surface area contributed by atoms with Gasteiger partial charge in [0, 0.05) is 12.0 Å². The molecule has 146 valence electrons. The highest BCUT2D eigenvalue weighted by molar-refractivity contribution is 5.86. The Morgan fingerprint density at radius 1 is 1.00 bits per heavy atom. The number of carbonyl (C=O) groups excluding carboxylic acids is 1. The van der Waals surface area contributed by atoms with Crippen molar-refractivity contribution in [2.45, 2.75) is 19.9 Å². The van der Waals surface area contributed by atoms with E-state index in [4.69, 9.17) is 4.74 Å². The van der Waals surface area contributed by atoms with Crippen LogP contribution in [0.25, 0.3) is 17.1 Å². The summed E-state index contributed by atoms with van der Waals surface area (Å²) in [7, 11) is 0. The number of esters is 1. The highest BCUT2D eigenvalue weighted by Gasteiger charge is 2.13. The summed E-state index contributed by atoms with van der Waals surface area (Å²) in [5.41, 5.74) is 3.04. The van der Waals surface area contributed by atoms with Crippen LogP contribution in [0.1, 0.15) is 22.5 Å². The van der Waals surface area contributed by atoms with Crippen molar-refractivity contribution in [3.05, 3.63) is 72.1 Å². The number of hydrogen-bond donors (Lipinski definition) is 0. The molecule has 0 aliphatic rings. The van der Waals surface area contributed by atoms with Gasteiger partial charge in [0.2, 0.25) is 5.82 Å². The molecule has 0 saturated carbocycles. The molecule has 0 N–H and O–H groups in total. The Hall–Kier alpha value is -3.88. The van der Waals surface area contributed by atoms with Gasteiger partial charge in [0.1, 0.15) is 0 Å². The summed E-state index contributed by atoms with van der Waals surface area (Å²) in [6, 6.07) is 17.4. The van der Waals surface area contributed by atoms with Crippen molar-refractivity contribution < 1.29 is 9.53 Å². The van der Waals surface area contributed by atoms with E-state index in [0.29, 0.717) is 18.8 Å². The number of nitrogens with zero attached hydrogens (tertiary/aromatic N) is 7. The first-order valence-corrected chi connectivity index (χ1v) is 9.19. The van der Waals surface area contributed by atoms with Crippen LogP contribution in [-0.4, -0.2) is 47.8 Å². The molecule has 0 aliphatic heterocycles. The maximum absolute atomic E-state index is 12.2. The Morgan fingerprint density at radius 2 is 1.79 bits per heavy atom. The van der Waals surface area contributed by atoms with E-state index in [1.807, 2.05) is 61.5 Å². The third kappa shape index (κ3) is 4.52. The van der Waals surface area contributed by atoms with E-state index >= 15 is 0 Å². The molecular formula is C20H19N7O2. The van der Waals surface area contributed by atoms with Crippen LogP contribution in [0.15, 0.2) is 60.8 Å². The van der Waals surface area contributed by atoms with E-state index in [-0.39, 0.29) is 12.3 Å². The van der Waals surface area contributed by atoms with Gasteiger partial charge in [-0.05, 0) is 24.3 Å². The zero-order valence-electron chi connectivity index (χ0n) is 15.8. The fourth-order valence-corrected chi connectivity index (χ4v) is 2.67. The molecule has 0 bridgehead atoms. The maximum Gasteiger partial charge on any atom is 0.360 e. The summed E-state index contributed by atoms with van der Waals surface area (Å²) in [4.78, 5) is 13.6. The number of ether oxygens (including phenoxy) is 1. The van der Waals surface area contributed by atoms with Crippen molar-refractivity contribution in [2.75, 3.05) is 6.61 Å². The second kappa shape index (κ2) is 8.42.